The van der Waals surface area contributed by atoms with E-state index < -0.39 is 6.10 Å². The van der Waals surface area contributed by atoms with Crippen molar-refractivity contribution >= 4 is 11.7 Å². The van der Waals surface area contributed by atoms with Crippen LogP contribution in [0.4, 0.5) is 0 Å². The Balaban J connectivity index is 3.40. The normalized spacial score (nSPS) is 12.2. The summed E-state index contributed by atoms with van der Waals surface area (Å²) in [6.07, 6.45) is -0.0560. The molecule has 0 unspecified atom stereocenters. The van der Waals surface area contributed by atoms with E-state index >= 15 is 0 Å². The van der Waals surface area contributed by atoms with Gasteiger partial charge in [-0.2, -0.15) is 0 Å². The Hall–Kier alpha value is -0.900. The molecule has 0 saturated heterocycles. The fraction of sp³-hybridized carbons (Fsp3) is 0.750. The van der Waals surface area contributed by atoms with Gasteiger partial charge >= 0.3 is 0 Å². The number of hydrogen-bond acceptors (Lipinski definition) is 3. The molecule has 4 nitrogen and oxygen atoms in total. The number of nitrogens with one attached hydrogen (secondary N) is 1. The number of rotatable bonds is 5. The van der Waals surface area contributed by atoms with Gasteiger partial charge in [-0.05, 0) is 13.8 Å². The Morgan fingerprint density at radius 2 is 2.00 bits per heavy atom. The third-order valence-electron chi connectivity index (χ3n) is 1.30. The van der Waals surface area contributed by atoms with Crippen LogP contribution in [0.25, 0.3) is 0 Å². The molecule has 4 heteroatoms. The van der Waals surface area contributed by atoms with E-state index in [-0.39, 0.29) is 31.1 Å². The number of Topliss-reactive ketones (excluding diaryl/α,β-unsaturated/α-hetero) is 1. The molecule has 0 aliphatic heterocycles. The molecule has 0 aliphatic carbocycles. The van der Waals surface area contributed by atoms with E-state index in [4.69, 9.17) is 5.11 Å². The molecule has 1 amide bonds. The van der Waals surface area contributed by atoms with E-state index in [1.165, 1.54) is 6.92 Å². The minimum Gasteiger partial charge on any atom is -0.392 e. The van der Waals surface area contributed by atoms with Gasteiger partial charge in [0, 0.05) is 19.4 Å². The first-order chi connectivity index (χ1) is 5.52. The molecule has 12 heavy (non-hydrogen) atoms. The lowest BCUT2D eigenvalue weighted by atomic mass is 10.2. The topological polar surface area (TPSA) is 66.4 Å². The highest BCUT2D eigenvalue weighted by Crippen LogP contribution is 1.89. The quantitative estimate of drug-likeness (QED) is 0.607. The highest BCUT2D eigenvalue weighted by atomic mass is 16.3. The maximum atomic E-state index is 10.9. The van der Waals surface area contributed by atoms with Gasteiger partial charge in [0.1, 0.15) is 5.78 Å². The number of carbonyl (C=O) groups is 2. The molecule has 0 aromatic heterocycles. The standard InChI is InChI=1S/C8H15NO3/c1-6(10)3-4-8(12)9-5-7(2)11/h7,11H,3-5H2,1-2H3,(H,9,12)/t7-/m1/s1. The van der Waals surface area contributed by atoms with Crippen LogP contribution in [0.3, 0.4) is 0 Å². The molecule has 0 aromatic carbocycles. The van der Waals surface area contributed by atoms with Crippen LogP contribution in [-0.4, -0.2) is 29.4 Å². The van der Waals surface area contributed by atoms with E-state index in [2.05, 4.69) is 5.32 Å². The average Bonchev–Trinajstić information content (AvgIpc) is 1.96. The van der Waals surface area contributed by atoms with Gasteiger partial charge in [0.25, 0.3) is 0 Å². The molecule has 0 aromatic rings. The van der Waals surface area contributed by atoms with Crippen LogP contribution in [-0.2, 0) is 9.59 Å². The van der Waals surface area contributed by atoms with Gasteiger partial charge in [-0.25, -0.2) is 0 Å². The van der Waals surface area contributed by atoms with Crippen LogP contribution in [0, 0.1) is 0 Å². The Labute approximate surface area is 72.0 Å². The molecular weight excluding hydrogens is 158 g/mol. The fourth-order valence-corrected chi connectivity index (χ4v) is 0.639. The molecule has 0 aliphatic rings. The lowest BCUT2D eigenvalue weighted by molar-refractivity contribution is -0.124. The second kappa shape index (κ2) is 5.71. The molecule has 0 radical (unpaired) electrons. The number of aliphatic hydroxyl groups is 1. The van der Waals surface area contributed by atoms with Crippen LogP contribution in [0.1, 0.15) is 26.7 Å². The van der Waals surface area contributed by atoms with Crippen molar-refractivity contribution in [1.82, 2.24) is 5.32 Å². The van der Waals surface area contributed by atoms with Gasteiger partial charge in [-0.3, -0.25) is 4.79 Å². The number of ketones is 1. The summed E-state index contributed by atoms with van der Waals surface area (Å²) in [4.78, 5) is 21.3. The van der Waals surface area contributed by atoms with Gasteiger partial charge in [-0.1, -0.05) is 0 Å². The summed E-state index contributed by atoms with van der Waals surface area (Å²) in [5, 5.41) is 11.3. The summed E-state index contributed by atoms with van der Waals surface area (Å²) >= 11 is 0. The number of amides is 1. The molecule has 0 fully saturated rings. The lowest BCUT2D eigenvalue weighted by Gasteiger charge is -2.05. The van der Waals surface area contributed by atoms with Crippen LogP contribution < -0.4 is 5.32 Å². The molecule has 0 spiro atoms. The summed E-state index contributed by atoms with van der Waals surface area (Å²) in [6, 6.07) is 0. The summed E-state index contributed by atoms with van der Waals surface area (Å²) in [6.45, 7) is 3.28. The molecular formula is C8H15NO3. The van der Waals surface area contributed by atoms with Crippen molar-refractivity contribution < 1.29 is 14.7 Å². The Morgan fingerprint density at radius 1 is 1.42 bits per heavy atom. The molecule has 0 saturated carbocycles. The molecule has 1 atom stereocenters. The zero-order chi connectivity index (χ0) is 9.56. The number of aliphatic hydroxyl groups excluding tert-OH is 1. The molecule has 70 valence electrons. The van der Waals surface area contributed by atoms with Crippen molar-refractivity contribution in [3.8, 4) is 0 Å². The smallest absolute Gasteiger partial charge is 0.220 e. The van der Waals surface area contributed by atoms with Gasteiger partial charge in [0.05, 0.1) is 6.10 Å². The highest BCUT2D eigenvalue weighted by molar-refractivity contribution is 5.83. The van der Waals surface area contributed by atoms with E-state index in [0.29, 0.717) is 0 Å². The highest BCUT2D eigenvalue weighted by Gasteiger charge is 2.03. The molecule has 0 bridgehead atoms. The van der Waals surface area contributed by atoms with E-state index in [0.717, 1.165) is 0 Å². The van der Waals surface area contributed by atoms with E-state index in [1.54, 1.807) is 6.92 Å². The zero-order valence-corrected chi connectivity index (χ0v) is 7.46. The van der Waals surface area contributed by atoms with Crippen LogP contribution in [0.15, 0.2) is 0 Å². The second-order valence-corrected chi connectivity index (χ2v) is 2.86. The van der Waals surface area contributed by atoms with Crippen molar-refractivity contribution in [3.63, 3.8) is 0 Å². The predicted octanol–water partition coefficient (Wildman–Crippen LogP) is -0.147. The van der Waals surface area contributed by atoms with Crippen molar-refractivity contribution in [3.05, 3.63) is 0 Å². The van der Waals surface area contributed by atoms with Crippen LogP contribution >= 0.6 is 0 Å². The summed E-state index contributed by atoms with van der Waals surface area (Å²) in [5.41, 5.74) is 0. The summed E-state index contributed by atoms with van der Waals surface area (Å²) in [5.74, 6) is -0.187. The van der Waals surface area contributed by atoms with Gasteiger partial charge in [0.2, 0.25) is 5.91 Å². The average molecular weight is 173 g/mol. The number of carbonyl (C=O) groups excluding carboxylic acids is 2. The van der Waals surface area contributed by atoms with Gasteiger partial charge < -0.3 is 15.2 Å². The van der Waals surface area contributed by atoms with Gasteiger partial charge in [0.15, 0.2) is 0 Å². The first-order valence-corrected chi connectivity index (χ1v) is 3.96. The number of hydrogen-bond donors (Lipinski definition) is 2. The molecule has 2 N–H and O–H groups in total. The third-order valence-corrected chi connectivity index (χ3v) is 1.30. The Morgan fingerprint density at radius 3 is 2.42 bits per heavy atom. The predicted molar refractivity (Wildman–Crippen MR) is 44.6 cm³/mol. The Bertz CT molecular complexity index is 166. The lowest BCUT2D eigenvalue weighted by Crippen LogP contribution is -2.30. The first kappa shape index (κ1) is 11.1. The molecule has 0 heterocycles. The molecule has 0 rings (SSSR count). The van der Waals surface area contributed by atoms with Crippen LogP contribution in [0.2, 0.25) is 0 Å². The summed E-state index contributed by atoms with van der Waals surface area (Å²) in [7, 11) is 0. The maximum absolute atomic E-state index is 10.9. The Kier molecular flexibility index (Phi) is 5.28. The van der Waals surface area contributed by atoms with Crippen molar-refractivity contribution in [1.29, 1.82) is 0 Å². The van der Waals surface area contributed by atoms with Crippen molar-refractivity contribution in [2.45, 2.75) is 32.8 Å². The second-order valence-electron chi connectivity index (χ2n) is 2.86. The zero-order valence-electron chi connectivity index (χ0n) is 7.46. The largest absolute Gasteiger partial charge is 0.392 e. The van der Waals surface area contributed by atoms with Crippen molar-refractivity contribution in [2.75, 3.05) is 6.54 Å². The maximum Gasteiger partial charge on any atom is 0.220 e. The van der Waals surface area contributed by atoms with Gasteiger partial charge in [-0.15, -0.1) is 0 Å². The van der Waals surface area contributed by atoms with E-state index in [1.807, 2.05) is 0 Å². The minimum absolute atomic E-state index is 0.00203. The monoisotopic (exact) mass is 173 g/mol. The third kappa shape index (κ3) is 7.21. The fourth-order valence-electron chi connectivity index (χ4n) is 0.639. The summed E-state index contributed by atoms with van der Waals surface area (Å²) < 4.78 is 0. The first-order valence-electron chi connectivity index (χ1n) is 3.96. The van der Waals surface area contributed by atoms with E-state index in [9.17, 15) is 9.59 Å². The van der Waals surface area contributed by atoms with Crippen molar-refractivity contribution in [2.24, 2.45) is 0 Å². The minimum atomic E-state index is -0.536. The van der Waals surface area contributed by atoms with Crippen LogP contribution in [0.5, 0.6) is 0 Å². The SMILES string of the molecule is CC(=O)CCC(=O)NC[C@@H](C)O.